The fraction of sp³-hybridized carbons (Fsp3) is 0.167. The quantitative estimate of drug-likeness (QED) is 0.393. The number of anilines is 1. The van der Waals surface area contributed by atoms with Crippen LogP contribution in [0, 0.1) is 12.7 Å². The monoisotopic (exact) mass is 464 g/mol. The van der Waals surface area contributed by atoms with Crippen LogP contribution < -0.4 is 15.2 Å². The molecule has 0 radical (unpaired) electrons. The summed E-state index contributed by atoms with van der Waals surface area (Å²) in [7, 11) is 0. The van der Waals surface area contributed by atoms with Crippen LogP contribution in [0.4, 0.5) is 10.1 Å². The molecule has 4 aromatic rings. The largest absolute Gasteiger partial charge is 0.492 e. The lowest BCUT2D eigenvalue weighted by Crippen LogP contribution is -2.34. The van der Waals surface area contributed by atoms with Gasteiger partial charge in [-0.2, -0.15) is 5.10 Å². The van der Waals surface area contributed by atoms with Crippen molar-refractivity contribution in [3.8, 4) is 5.75 Å². The average molecular weight is 465 g/mol. The summed E-state index contributed by atoms with van der Waals surface area (Å²) in [5.74, 6) is -0.149. The van der Waals surface area contributed by atoms with E-state index >= 15 is 0 Å². The summed E-state index contributed by atoms with van der Waals surface area (Å²) in [6.45, 7) is 2.46. The van der Waals surface area contributed by atoms with Crippen molar-refractivity contribution in [3.05, 3.63) is 105 Å². The van der Waals surface area contributed by atoms with Gasteiger partial charge in [0.2, 0.25) is 0 Å². The Morgan fingerprint density at radius 3 is 2.55 bits per heavy atom. The maximum atomic E-state index is 13.5. The van der Waals surface area contributed by atoms with E-state index in [0.29, 0.717) is 17.1 Å². The number of thiazole rings is 1. The van der Waals surface area contributed by atoms with Crippen LogP contribution in [0.2, 0.25) is 0 Å². The normalized spacial score (nSPS) is 10.7. The Morgan fingerprint density at radius 1 is 1.09 bits per heavy atom. The highest BCUT2D eigenvalue weighted by atomic mass is 32.1. The number of para-hydroxylation sites is 1. The molecular weight excluding hydrogens is 443 g/mol. The van der Waals surface area contributed by atoms with E-state index in [1.807, 2.05) is 42.6 Å². The van der Waals surface area contributed by atoms with Gasteiger partial charge >= 0.3 is 0 Å². The Morgan fingerprint density at radius 2 is 1.85 bits per heavy atom. The van der Waals surface area contributed by atoms with Crippen LogP contribution in [-0.2, 0) is 13.1 Å². The van der Waals surface area contributed by atoms with Gasteiger partial charge in [-0.25, -0.2) is 14.1 Å². The summed E-state index contributed by atoms with van der Waals surface area (Å²) < 4.78 is 20.3. The lowest BCUT2D eigenvalue weighted by Gasteiger charge is -2.22. The van der Waals surface area contributed by atoms with Crippen LogP contribution in [0.3, 0.4) is 0 Å². The zero-order valence-corrected chi connectivity index (χ0v) is 18.7. The highest BCUT2D eigenvalue weighted by molar-refractivity contribution is 7.09. The van der Waals surface area contributed by atoms with Crippen molar-refractivity contribution >= 4 is 22.9 Å². The standard InChI is InChI=1S/C24H21FN4O3S/c1-17-26-19(16-33-17)15-28(20-9-7-18(25)8-10-20)24(31)22-11-12-23(30)29(27-22)13-14-32-21-5-3-2-4-6-21/h2-12,16H,13-15H2,1H3. The van der Waals surface area contributed by atoms with Crippen molar-refractivity contribution in [3.63, 3.8) is 0 Å². The molecule has 0 N–H and O–H groups in total. The first kappa shape index (κ1) is 22.3. The van der Waals surface area contributed by atoms with Crippen molar-refractivity contribution in [1.82, 2.24) is 14.8 Å². The molecule has 0 aliphatic carbocycles. The third-order valence-corrected chi connectivity index (χ3v) is 5.59. The second-order valence-corrected chi connectivity index (χ2v) is 8.23. The minimum Gasteiger partial charge on any atom is -0.492 e. The third kappa shape index (κ3) is 5.69. The summed E-state index contributed by atoms with van der Waals surface area (Å²) in [5.41, 5.74) is 0.955. The molecule has 1 amide bonds. The number of rotatable bonds is 8. The molecule has 2 aromatic carbocycles. The third-order valence-electron chi connectivity index (χ3n) is 4.77. The summed E-state index contributed by atoms with van der Waals surface area (Å²) >= 11 is 1.48. The topological polar surface area (TPSA) is 77.3 Å². The van der Waals surface area contributed by atoms with Crippen molar-refractivity contribution in [1.29, 1.82) is 0 Å². The molecule has 2 aromatic heterocycles. The summed E-state index contributed by atoms with van der Waals surface area (Å²) in [6.07, 6.45) is 0. The van der Waals surface area contributed by atoms with Crippen molar-refractivity contribution in [2.45, 2.75) is 20.0 Å². The lowest BCUT2D eigenvalue weighted by molar-refractivity contribution is 0.0977. The molecule has 9 heteroatoms. The molecule has 0 unspecified atom stereocenters. The van der Waals surface area contributed by atoms with Crippen LogP contribution in [0.15, 0.2) is 76.9 Å². The van der Waals surface area contributed by atoms with E-state index in [1.54, 1.807) is 0 Å². The molecular formula is C24H21FN4O3S. The average Bonchev–Trinajstić information content (AvgIpc) is 3.24. The van der Waals surface area contributed by atoms with Gasteiger partial charge in [0.25, 0.3) is 11.5 Å². The fourth-order valence-corrected chi connectivity index (χ4v) is 3.78. The van der Waals surface area contributed by atoms with Crippen molar-refractivity contribution in [2.75, 3.05) is 11.5 Å². The van der Waals surface area contributed by atoms with Gasteiger partial charge in [-0.15, -0.1) is 11.3 Å². The van der Waals surface area contributed by atoms with Gasteiger partial charge in [0, 0.05) is 17.1 Å². The predicted octanol–water partition coefficient (Wildman–Crippen LogP) is 4.07. The van der Waals surface area contributed by atoms with Gasteiger partial charge in [0.1, 0.15) is 23.9 Å². The number of aromatic nitrogens is 3. The number of amides is 1. The molecule has 33 heavy (non-hydrogen) atoms. The molecule has 0 atom stereocenters. The molecule has 4 rings (SSSR count). The lowest BCUT2D eigenvalue weighted by atomic mass is 10.2. The number of hydrogen-bond donors (Lipinski definition) is 0. The summed E-state index contributed by atoms with van der Waals surface area (Å²) in [4.78, 5) is 31.6. The Hall–Kier alpha value is -3.85. The van der Waals surface area contributed by atoms with Crippen LogP contribution in [-0.4, -0.2) is 27.3 Å². The Labute approximate surface area is 193 Å². The van der Waals surface area contributed by atoms with Crippen molar-refractivity contribution < 1.29 is 13.9 Å². The number of carbonyl (C=O) groups is 1. The van der Waals surface area contributed by atoms with Crippen molar-refractivity contribution in [2.24, 2.45) is 0 Å². The molecule has 0 fully saturated rings. The zero-order chi connectivity index (χ0) is 23.2. The smallest absolute Gasteiger partial charge is 0.279 e. The van der Waals surface area contributed by atoms with E-state index in [-0.39, 0.29) is 30.9 Å². The fourth-order valence-electron chi connectivity index (χ4n) is 3.17. The number of aryl methyl sites for hydroxylation is 1. The van der Waals surface area contributed by atoms with Gasteiger partial charge in [-0.05, 0) is 49.4 Å². The first-order valence-corrected chi connectivity index (χ1v) is 11.1. The van der Waals surface area contributed by atoms with Gasteiger partial charge in [-0.1, -0.05) is 18.2 Å². The van der Waals surface area contributed by atoms with E-state index < -0.39 is 11.7 Å². The maximum Gasteiger partial charge on any atom is 0.279 e. The van der Waals surface area contributed by atoms with E-state index in [1.165, 1.54) is 57.3 Å². The Kier molecular flexibility index (Phi) is 6.89. The summed E-state index contributed by atoms with van der Waals surface area (Å²) in [5, 5.41) is 7.00. The van der Waals surface area contributed by atoms with Crippen LogP contribution in [0.5, 0.6) is 5.75 Å². The number of ether oxygens (including phenoxy) is 1. The number of halogens is 1. The van der Waals surface area contributed by atoms with Crippen LogP contribution in [0.25, 0.3) is 0 Å². The highest BCUT2D eigenvalue weighted by Gasteiger charge is 2.21. The van der Waals surface area contributed by atoms with E-state index in [0.717, 1.165) is 5.01 Å². The maximum absolute atomic E-state index is 13.5. The van der Waals surface area contributed by atoms with E-state index in [4.69, 9.17) is 4.74 Å². The number of benzene rings is 2. The number of carbonyl (C=O) groups excluding carboxylic acids is 1. The van der Waals surface area contributed by atoms with Crippen LogP contribution in [0.1, 0.15) is 21.2 Å². The van der Waals surface area contributed by atoms with E-state index in [2.05, 4.69) is 10.1 Å². The molecule has 0 saturated heterocycles. The molecule has 0 bridgehead atoms. The van der Waals surface area contributed by atoms with Gasteiger partial charge < -0.3 is 9.64 Å². The number of nitrogens with zero attached hydrogens (tertiary/aromatic N) is 4. The predicted molar refractivity (Wildman–Crippen MR) is 124 cm³/mol. The molecule has 0 aliphatic heterocycles. The molecule has 7 nitrogen and oxygen atoms in total. The second-order valence-electron chi connectivity index (χ2n) is 7.17. The van der Waals surface area contributed by atoms with Gasteiger partial charge in [0.05, 0.1) is 23.8 Å². The highest BCUT2D eigenvalue weighted by Crippen LogP contribution is 2.21. The zero-order valence-electron chi connectivity index (χ0n) is 17.8. The van der Waals surface area contributed by atoms with E-state index in [9.17, 15) is 14.0 Å². The van der Waals surface area contributed by atoms with Gasteiger partial charge in [0.15, 0.2) is 0 Å². The van der Waals surface area contributed by atoms with Crippen LogP contribution >= 0.6 is 11.3 Å². The Bertz CT molecular complexity index is 1290. The first-order chi connectivity index (χ1) is 16.0. The number of hydrogen-bond acceptors (Lipinski definition) is 6. The minimum absolute atomic E-state index is 0.0885. The molecule has 0 spiro atoms. The summed E-state index contributed by atoms with van der Waals surface area (Å²) in [6, 6.07) is 17.5. The first-order valence-electron chi connectivity index (χ1n) is 10.2. The molecule has 0 aliphatic rings. The Balaban J connectivity index is 1.56. The molecule has 168 valence electrons. The SMILES string of the molecule is Cc1nc(CN(C(=O)c2ccc(=O)n(CCOc3ccccc3)n2)c2ccc(F)cc2)cs1. The second kappa shape index (κ2) is 10.2. The molecule has 2 heterocycles. The van der Waals surface area contributed by atoms with Gasteiger partial charge in [-0.3, -0.25) is 9.59 Å². The molecule has 0 saturated carbocycles. The minimum atomic E-state index is -0.426.